The molecule has 0 aliphatic heterocycles. The molecule has 32 heavy (non-hydrogen) atoms. The predicted molar refractivity (Wildman–Crippen MR) is 124 cm³/mol. The molecule has 1 heterocycles. The van der Waals surface area contributed by atoms with Crippen LogP contribution in [0.15, 0.2) is 12.4 Å². The maximum atomic E-state index is 11.1. The first-order valence-electron chi connectivity index (χ1n) is 13.1. The lowest BCUT2D eigenvalue weighted by Crippen LogP contribution is -2.52. The van der Waals surface area contributed by atoms with E-state index in [2.05, 4.69) is 29.7 Å². The van der Waals surface area contributed by atoms with Gasteiger partial charge in [-0.2, -0.15) is 10.4 Å². The van der Waals surface area contributed by atoms with E-state index in [0.29, 0.717) is 42.1 Å². The van der Waals surface area contributed by atoms with Gasteiger partial charge in [-0.1, -0.05) is 6.92 Å². The van der Waals surface area contributed by atoms with Crippen LogP contribution in [0.5, 0.6) is 0 Å². The highest BCUT2D eigenvalue weighted by molar-refractivity contribution is 5.22. The summed E-state index contributed by atoms with van der Waals surface area (Å²) < 4.78 is 7.69. The SMILES string of the molecule is CCOC[C@@]1(O)CC[C@H]2[C@H](CC[C@@H]3[C@@H]2CC[C@]2(C)C([C@@H](C)n4cc(C#N)cn4)CC[C@@H]32)C1. The predicted octanol–water partition coefficient (Wildman–Crippen LogP) is 5.35. The maximum absolute atomic E-state index is 11.1. The molecule has 4 aliphatic rings. The maximum Gasteiger partial charge on any atom is 0.102 e. The Bertz CT molecular complexity index is 861. The number of rotatable bonds is 5. The van der Waals surface area contributed by atoms with Gasteiger partial charge < -0.3 is 9.84 Å². The van der Waals surface area contributed by atoms with E-state index in [4.69, 9.17) is 4.74 Å². The summed E-state index contributed by atoms with van der Waals surface area (Å²) in [5, 5.41) is 24.8. The van der Waals surface area contributed by atoms with Gasteiger partial charge in [0.25, 0.3) is 0 Å². The van der Waals surface area contributed by atoms with Crippen molar-refractivity contribution in [3.05, 3.63) is 18.0 Å². The standard InChI is InChI=1S/C27H41N3O2/c1-4-32-17-27(31)12-10-21-20(13-27)5-6-23-22(21)9-11-26(3)24(7-8-25(23)26)18(2)30-16-19(14-28)15-29-30/h15-16,18,20-25,31H,4-13,17H2,1-3H3/t18-,20-,21+,22-,23-,24?,25+,26-,27-/m1/s1. The number of aliphatic hydroxyl groups is 1. The lowest BCUT2D eigenvalue weighted by atomic mass is 9.48. The fraction of sp³-hybridized carbons (Fsp3) is 0.852. The average molecular weight is 440 g/mol. The Morgan fingerprint density at radius 1 is 1.19 bits per heavy atom. The second-order valence-corrected chi connectivity index (χ2v) is 11.8. The Balaban J connectivity index is 1.30. The molecule has 1 aromatic heterocycles. The Morgan fingerprint density at radius 3 is 2.75 bits per heavy atom. The van der Waals surface area contributed by atoms with Gasteiger partial charge in [0.1, 0.15) is 6.07 Å². The third kappa shape index (κ3) is 3.62. The molecule has 0 radical (unpaired) electrons. The van der Waals surface area contributed by atoms with Crippen LogP contribution >= 0.6 is 0 Å². The summed E-state index contributed by atoms with van der Waals surface area (Å²) in [6.45, 7) is 8.11. The summed E-state index contributed by atoms with van der Waals surface area (Å²) in [6, 6.07) is 2.58. The smallest absolute Gasteiger partial charge is 0.102 e. The van der Waals surface area contributed by atoms with E-state index in [9.17, 15) is 10.4 Å². The van der Waals surface area contributed by atoms with E-state index in [1.165, 1.54) is 44.9 Å². The van der Waals surface area contributed by atoms with Gasteiger partial charge in [-0.15, -0.1) is 0 Å². The zero-order valence-electron chi connectivity index (χ0n) is 20.2. The zero-order chi connectivity index (χ0) is 22.5. The third-order valence-corrected chi connectivity index (χ3v) is 10.5. The van der Waals surface area contributed by atoms with Crippen molar-refractivity contribution < 1.29 is 9.84 Å². The number of fused-ring (bicyclic) bond motifs is 5. The molecular weight excluding hydrogens is 398 g/mol. The minimum atomic E-state index is -0.590. The van der Waals surface area contributed by atoms with Gasteiger partial charge in [-0.25, -0.2) is 0 Å². The largest absolute Gasteiger partial charge is 0.387 e. The van der Waals surface area contributed by atoms with Gasteiger partial charge in [0, 0.05) is 12.8 Å². The number of hydrogen-bond donors (Lipinski definition) is 1. The van der Waals surface area contributed by atoms with E-state index < -0.39 is 5.60 Å². The lowest BCUT2D eigenvalue weighted by molar-refractivity contribution is -0.129. The van der Waals surface area contributed by atoms with Gasteiger partial charge in [-0.05, 0) is 113 Å². The molecule has 0 aromatic carbocycles. The quantitative estimate of drug-likeness (QED) is 0.671. The number of hydrogen-bond acceptors (Lipinski definition) is 4. The van der Waals surface area contributed by atoms with Crippen LogP contribution in [-0.2, 0) is 4.74 Å². The van der Waals surface area contributed by atoms with E-state index in [1.54, 1.807) is 6.20 Å². The fourth-order valence-corrected chi connectivity index (χ4v) is 9.02. The van der Waals surface area contributed by atoms with Crippen molar-refractivity contribution in [2.24, 2.45) is 40.9 Å². The Morgan fingerprint density at radius 2 is 2.00 bits per heavy atom. The van der Waals surface area contributed by atoms with Crippen molar-refractivity contribution in [2.75, 3.05) is 13.2 Å². The monoisotopic (exact) mass is 439 g/mol. The van der Waals surface area contributed by atoms with Crippen LogP contribution in [0.1, 0.15) is 90.2 Å². The van der Waals surface area contributed by atoms with Gasteiger partial charge >= 0.3 is 0 Å². The molecule has 0 amide bonds. The van der Waals surface area contributed by atoms with Gasteiger partial charge in [0.05, 0.1) is 30.0 Å². The first-order chi connectivity index (χ1) is 15.4. The molecule has 5 rings (SSSR count). The van der Waals surface area contributed by atoms with Crippen LogP contribution in [0.4, 0.5) is 0 Å². The Labute approximate surface area is 193 Å². The summed E-state index contributed by atoms with van der Waals surface area (Å²) in [7, 11) is 0. The van der Waals surface area contributed by atoms with Crippen molar-refractivity contribution >= 4 is 0 Å². The molecule has 1 aromatic rings. The minimum absolute atomic E-state index is 0.350. The van der Waals surface area contributed by atoms with Gasteiger partial charge in [-0.3, -0.25) is 4.68 Å². The molecule has 0 spiro atoms. The number of ether oxygens (including phenoxy) is 1. The topological polar surface area (TPSA) is 71.1 Å². The van der Waals surface area contributed by atoms with Crippen molar-refractivity contribution in [1.29, 1.82) is 5.26 Å². The van der Waals surface area contributed by atoms with Crippen molar-refractivity contribution in [3.8, 4) is 6.07 Å². The summed E-state index contributed by atoms with van der Waals surface area (Å²) in [5.41, 5.74) is 0.462. The van der Waals surface area contributed by atoms with Crippen LogP contribution in [0.3, 0.4) is 0 Å². The Hall–Kier alpha value is -1.38. The summed E-state index contributed by atoms with van der Waals surface area (Å²) in [5.74, 6) is 4.67. The molecule has 5 heteroatoms. The van der Waals surface area contributed by atoms with E-state index in [-0.39, 0.29) is 0 Å². The average Bonchev–Trinajstić information content (AvgIpc) is 3.41. The lowest BCUT2D eigenvalue weighted by Gasteiger charge is -2.57. The third-order valence-electron chi connectivity index (χ3n) is 10.5. The van der Waals surface area contributed by atoms with Crippen LogP contribution in [0, 0.1) is 52.3 Å². The second kappa shape index (κ2) is 8.44. The molecule has 0 saturated heterocycles. The van der Waals surface area contributed by atoms with Crippen molar-refractivity contribution in [2.45, 2.75) is 90.2 Å². The molecule has 176 valence electrons. The molecule has 4 fully saturated rings. The first-order valence-corrected chi connectivity index (χ1v) is 13.1. The molecule has 9 atom stereocenters. The van der Waals surface area contributed by atoms with Crippen LogP contribution in [-0.4, -0.2) is 33.7 Å². The van der Waals surface area contributed by atoms with Crippen LogP contribution < -0.4 is 0 Å². The summed E-state index contributed by atoms with van der Waals surface area (Å²) in [6.07, 6.45) is 14.6. The summed E-state index contributed by atoms with van der Waals surface area (Å²) >= 11 is 0. The Kier molecular flexibility index (Phi) is 5.91. The number of nitriles is 1. The fourth-order valence-electron chi connectivity index (χ4n) is 9.02. The van der Waals surface area contributed by atoms with Crippen molar-refractivity contribution in [1.82, 2.24) is 9.78 Å². The van der Waals surface area contributed by atoms with E-state index >= 15 is 0 Å². The molecule has 4 saturated carbocycles. The van der Waals surface area contributed by atoms with E-state index in [1.807, 2.05) is 13.1 Å². The highest BCUT2D eigenvalue weighted by Crippen LogP contribution is 2.66. The second-order valence-electron chi connectivity index (χ2n) is 11.8. The van der Waals surface area contributed by atoms with E-state index in [0.717, 1.165) is 36.5 Å². The summed E-state index contributed by atoms with van der Waals surface area (Å²) in [4.78, 5) is 0. The molecule has 1 unspecified atom stereocenters. The molecule has 4 aliphatic carbocycles. The molecule has 5 nitrogen and oxygen atoms in total. The molecular formula is C27H41N3O2. The first kappa shape index (κ1) is 22.4. The minimum Gasteiger partial charge on any atom is -0.387 e. The zero-order valence-corrected chi connectivity index (χ0v) is 20.2. The number of aromatic nitrogens is 2. The highest BCUT2D eigenvalue weighted by atomic mass is 16.5. The van der Waals surface area contributed by atoms with Gasteiger partial charge in [0.15, 0.2) is 0 Å². The normalized spacial score (nSPS) is 44.2. The highest BCUT2D eigenvalue weighted by Gasteiger charge is 2.58. The van der Waals surface area contributed by atoms with Crippen LogP contribution in [0.25, 0.3) is 0 Å². The van der Waals surface area contributed by atoms with Gasteiger partial charge in [0.2, 0.25) is 0 Å². The number of nitrogens with zero attached hydrogens (tertiary/aromatic N) is 3. The molecule has 1 N–H and O–H groups in total. The molecule has 0 bridgehead atoms. The van der Waals surface area contributed by atoms with Crippen LogP contribution in [0.2, 0.25) is 0 Å². The van der Waals surface area contributed by atoms with Crippen molar-refractivity contribution in [3.63, 3.8) is 0 Å².